The van der Waals surface area contributed by atoms with Crippen LogP contribution in [-0.2, 0) is 32.7 Å². The number of phosphoric acid groups is 1. The van der Waals surface area contributed by atoms with E-state index in [1.54, 1.807) is 0 Å². The van der Waals surface area contributed by atoms with Crippen LogP contribution >= 0.6 is 7.82 Å². The van der Waals surface area contributed by atoms with Gasteiger partial charge in [-0.15, -0.1) is 0 Å². The summed E-state index contributed by atoms with van der Waals surface area (Å²) in [7, 11) is -4.40. The first-order valence-corrected chi connectivity index (χ1v) is 40.6. The first-order valence-electron chi connectivity index (χ1n) is 39.1. The Morgan fingerprint density at radius 3 is 0.901 bits per heavy atom. The van der Waals surface area contributed by atoms with E-state index in [2.05, 4.69) is 98.9 Å². The normalized spacial score (nSPS) is 13.3. The predicted molar refractivity (Wildman–Crippen MR) is 395 cm³/mol. The summed E-state index contributed by atoms with van der Waals surface area (Å²) in [6.45, 7) is 3.68. The van der Waals surface area contributed by atoms with E-state index >= 15 is 0 Å². The lowest BCUT2D eigenvalue weighted by Crippen LogP contribution is -2.29. The van der Waals surface area contributed by atoms with Crippen molar-refractivity contribution >= 4 is 19.8 Å². The summed E-state index contributed by atoms with van der Waals surface area (Å²) in [5.74, 6) is -0.822. The molecule has 0 aromatic rings. The van der Waals surface area contributed by atoms with Crippen LogP contribution in [0.2, 0.25) is 0 Å². The molecule has 530 valence electrons. The second-order valence-electron chi connectivity index (χ2n) is 26.2. The molecule has 0 amide bonds. The van der Waals surface area contributed by atoms with Gasteiger partial charge in [-0.2, -0.15) is 0 Å². The molecule has 0 aliphatic heterocycles. The number of allylic oxidation sites excluding steroid dienone is 14. The molecule has 0 aliphatic rings. The van der Waals surface area contributed by atoms with Crippen molar-refractivity contribution in [2.75, 3.05) is 26.4 Å². The maximum absolute atomic E-state index is 12.8. The lowest BCUT2D eigenvalue weighted by atomic mass is 10.0. The summed E-state index contributed by atoms with van der Waals surface area (Å²) in [6, 6.07) is 0. The molecule has 9 nitrogen and oxygen atoms in total. The summed E-state index contributed by atoms with van der Waals surface area (Å²) < 4.78 is 33.2. The second kappa shape index (κ2) is 76.2. The van der Waals surface area contributed by atoms with Gasteiger partial charge in [0.2, 0.25) is 0 Å². The Bertz CT molecular complexity index is 1770. The molecule has 0 heterocycles. The number of ether oxygens (including phenoxy) is 2. The predicted octanol–water partition coefficient (Wildman–Crippen LogP) is 26.1. The third kappa shape index (κ3) is 76.1. The minimum Gasteiger partial charge on any atom is -0.462 e. The van der Waals surface area contributed by atoms with E-state index in [1.165, 1.54) is 263 Å². The van der Waals surface area contributed by atoms with E-state index in [1.807, 2.05) is 0 Å². The summed E-state index contributed by atoms with van der Waals surface area (Å²) in [5, 5.41) is 0. The van der Waals surface area contributed by atoms with Gasteiger partial charge in [-0.05, 0) is 70.6 Å². The highest BCUT2D eigenvalue weighted by molar-refractivity contribution is 7.47. The van der Waals surface area contributed by atoms with Crippen LogP contribution in [0.25, 0.3) is 0 Å². The fourth-order valence-electron chi connectivity index (χ4n) is 11.6. The van der Waals surface area contributed by atoms with Crippen molar-refractivity contribution in [3.05, 3.63) is 85.1 Å². The zero-order valence-electron chi connectivity index (χ0n) is 59.8. The third-order valence-corrected chi connectivity index (χ3v) is 18.3. The van der Waals surface area contributed by atoms with Crippen molar-refractivity contribution in [1.82, 2.24) is 0 Å². The summed E-state index contributed by atoms with van der Waals surface area (Å²) in [4.78, 5) is 35.4. The minimum absolute atomic E-state index is 0.0505. The van der Waals surface area contributed by atoms with Crippen LogP contribution in [0, 0.1) is 0 Å². The number of carbonyl (C=O) groups excluding carboxylic acids is 2. The van der Waals surface area contributed by atoms with Crippen LogP contribution in [-0.4, -0.2) is 49.3 Å². The smallest absolute Gasteiger partial charge is 0.462 e. The van der Waals surface area contributed by atoms with Crippen molar-refractivity contribution in [3.63, 3.8) is 0 Å². The lowest BCUT2D eigenvalue weighted by Gasteiger charge is -2.19. The molecule has 0 aromatic carbocycles. The van der Waals surface area contributed by atoms with Crippen LogP contribution in [0.5, 0.6) is 0 Å². The fraction of sp³-hybridized carbons (Fsp3) is 0.802. The van der Waals surface area contributed by atoms with Gasteiger partial charge in [-0.3, -0.25) is 18.6 Å². The Balaban J connectivity index is 3.80. The van der Waals surface area contributed by atoms with Crippen LogP contribution in [0.15, 0.2) is 85.1 Å². The first-order chi connectivity index (χ1) is 44.8. The van der Waals surface area contributed by atoms with Gasteiger partial charge in [0, 0.05) is 19.4 Å². The van der Waals surface area contributed by atoms with E-state index in [4.69, 9.17) is 24.3 Å². The van der Waals surface area contributed by atoms with Gasteiger partial charge in [-0.25, -0.2) is 4.57 Å². The highest BCUT2D eigenvalue weighted by Crippen LogP contribution is 2.43. The maximum Gasteiger partial charge on any atom is 0.472 e. The Labute approximate surface area is 564 Å². The zero-order chi connectivity index (χ0) is 65.8. The quantitative estimate of drug-likeness (QED) is 0.0264. The topological polar surface area (TPSA) is 134 Å². The number of rotatable bonds is 74. The molecule has 0 saturated heterocycles. The van der Waals surface area contributed by atoms with E-state index in [-0.39, 0.29) is 38.6 Å². The number of hydrogen-bond acceptors (Lipinski definition) is 8. The molecule has 0 spiro atoms. The largest absolute Gasteiger partial charge is 0.472 e. The van der Waals surface area contributed by atoms with Crippen LogP contribution in [0.3, 0.4) is 0 Å². The van der Waals surface area contributed by atoms with Gasteiger partial charge >= 0.3 is 19.8 Å². The van der Waals surface area contributed by atoms with E-state index < -0.39 is 26.5 Å². The highest BCUT2D eigenvalue weighted by Gasteiger charge is 2.26. The number of carbonyl (C=O) groups is 2. The Hall–Kier alpha value is -2.81. The maximum atomic E-state index is 12.8. The number of unbranched alkanes of at least 4 members (excludes halogenated alkanes) is 47. The second-order valence-corrected chi connectivity index (χ2v) is 27.7. The Kier molecular flexibility index (Phi) is 73.9. The van der Waals surface area contributed by atoms with Crippen LogP contribution < -0.4 is 5.73 Å². The van der Waals surface area contributed by atoms with Crippen molar-refractivity contribution in [1.29, 1.82) is 0 Å². The molecule has 0 aromatic heterocycles. The van der Waals surface area contributed by atoms with Crippen molar-refractivity contribution in [2.45, 2.75) is 392 Å². The number of esters is 2. The molecule has 0 aliphatic carbocycles. The van der Waals surface area contributed by atoms with Crippen molar-refractivity contribution < 1.29 is 37.6 Å². The zero-order valence-corrected chi connectivity index (χ0v) is 60.7. The molecule has 0 bridgehead atoms. The molecule has 0 rings (SSSR count). The molecular weight excluding hydrogens is 1150 g/mol. The minimum atomic E-state index is -4.40. The fourth-order valence-corrected chi connectivity index (χ4v) is 12.3. The molecule has 0 radical (unpaired) electrons. The molecule has 91 heavy (non-hydrogen) atoms. The monoisotopic (exact) mass is 1290 g/mol. The van der Waals surface area contributed by atoms with E-state index in [0.717, 1.165) is 89.9 Å². The van der Waals surface area contributed by atoms with Gasteiger partial charge in [0.15, 0.2) is 6.10 Å². The van der Waals surface area contributed by atoms with E-state index in [0.29, 0.717) is 6.42 Å². The molecule has 3 N–H and O–H groups in total. The molecule has 0 fully saturated rings. The average molecular weight is 1300 g/mol. The van der Waals surface area contributed by atoms with Gasteiger partial charge in [0.1, 0.15) is 6.61 Å². The summed E-state index contributed by atoms with van der Waals surface area (Å²) >= 11 is 0. The molecule has 0 saturated carbocycles. The van der Waals surface area contributed by atoms with E-state index in [9.17, 15) is 19.0 Å². The van der Waals surface area contributed by atoms with Gasteiger partial charge < -0.3 is 20.1 Å². The van der Waals surface area contributed by atoms with Gasteiger partial charge in [0.25, 0.3) is 0 Å². The van der Waals surface area contributed by atoms with Gasteiger partial charge in [-0.1, -0.05) is 388 Å². The third-order valence-electron chi connectivity index (χ3n) is 17.3. The van der Waals surface area contributed by atoms with Crippen molar-refractivity contribution in [2.24, 2.45) is 5.73 Å². The molecular formula is C81H148NO8P. The summed E-state index contributed by atoms with van der Waals surface area (Å²) in [5.41, 5.74) is 5.41. The number of phosphoric ester groups is 1. The standard InChI is InChI=1S/C81H148NO8P/c1-3-5-7-9-11-13-15-17-19-21-23-25-27-29-31-33-35-36-37-38-39-40-41-42-44-45-47-49-51-53-55-57-59-61-63-65-67-69-71-73-80(83)87-77-79(78-89-91(85,86)88-76-75-82)90-81(84)74-72-70-68-66-64-62-60-58-56-54-52-50-48-46-43-34-32-30-28-26-24-22-20-18-16-14-12-10-8-6-4-2/h6,8,12,14,18,20,24,26,30,32,43,46,50,52,79H,3-5,7,9-11,13,15-17,19,21-23,25,27-29,31,33-42,44-45,47-49,51,53-78,82H2,1-2H3,(H,85,86)/b8-6-,14-12-,20-18-,26-24-,32-30-,46-43-,52-50-. The lowest BCUT2D eigenvalue weighted by molar-refractivity contribution is -0.161. The summed E-state index contributed by atoms with van der Waals surface area (Å²) in [6.07, 6.45) is 103. The Morgan fingerprint density at radius 1 is 0.341 bits per heavy atom. The van der Waals surface area contributed by atoms with Gasteiger partial charge in [0.05, 0.1) is 13.2 Å². The van der Waals surface area contributed by atoms with Crippen molar-refractivity contribution in [3.8, 4) is 0 Å². The Morgan fingerprint density at radius 2 is 0.604 bits per heavy atom. The van der Waals surface area contributed by atoms with Crippen LogP contribution in [0.4, 0.5) is 0 Å². The average Bonchev–Trinajstić information content (AvgIpc) is 3.71. The first kappa shape index (κ1) is 88.2. The molecule has 2 atom stereocenters. The number of nitrogens with two attached hydrogens (primary N) is 1. The highest BCUT2D eigenvalue weighted by atomic mass is 31.2. The number of hydrogen-bond donors (Lipinski definition) is 2. The molecule has 10 heteroatoms. The molecule has 2 unspecified atom stereocenters. The van der Waals surface area contributed by atoms with Crippen LogP contribution in [0.1, 0.15) is 386 Å². The SMILES string of the molecule is CC/C=C\C/C=C\C/C=C\C/C=C\C/C=C\C/C=C\C/C=C\CCCCCCCCCCCC(=O)OC(COC(=O)CCCCCCCCCCCCCCCCCCCCCCCCCCCCCCCCCCCCCCCCC)COP(=O)(O)OCCN.